The minimum absolute atomic E-state index is 0.0489. The molecule has 30 heavy (non-hydrogen) atoms. The van der Waals surface area contributed by atoms with E-state index in [9.17, 15) is 10.1 Å². The number of fused-ring (bicyclic) bond motifs is 3. The Kier molecular flexibility index (Phi) is 4.18. The van der Waals surface area contributed by atoms with Crippen LogP contribution in [0.25, 0.3) is 11.3 Å². The van der Waals surface area contributed by atoms with Gasteiger partial charge in [-0.25, -0.2) is 0 Å². The van der Waals surface area contributed by atoms with Crippen molar-refractivity contribution in [3.63, 3.8) is 0 Å². The fourth-order valence-electron chi connectivity index (χ4n) is 5.54. The normalized spacial score (nSPS) is 25.1. The Labute approximate surface area is 175 Å². The van der Waals surface area contributed by atoms with E-state index in [0.29, 0.717) is 0 Å². The molecule has 0 saturated carbocycles. The largest absolute Gasteiger partial charge is 0.293 e. The highest BCUT2D eigenvalue weighted by Crippen LogP contribution is 2.54. The number of aryl methyl sites for hydroxylation is 1. The van der Waals surface area contributed by atoms with Crippen LogP contribution < -0.4 is 0 Å². The summed E-state index contributed by atoms with van der Waals surface area (Å²) >= 11 is 0. The second kappa shape index (κ2) is 6.77. The zero-order valence-electron chi connectivity index (χ0n) is 17.0. The van der Waals surface area contributed by atoms with E-state index in [0.717, 1.165) is 35.4 Å². The summed E-state index contributed by atoms with van der Waals surface area (Å²) in [4.78, 5) is 17.2. The van der Waals surface area contributed by atoms with E-state index in [2.05, 4.69) is 23.2 Å². The van der Waals surface area contributed by atoms with Crippen LogP contribution in [0.15, 0.2) is 66.5 Å². The maximum atomic E-state index is 12.9. The third kappa shape index (κ3) is 2.43. The summed E-state index contributed by atoms with van der Waals surface area (Å²) in [6, 6.07) is 16.4. The molecule has 2 aromatic heterocycles. The number of rotatable bonds is 2. The van der Waals surface area contributed by atoms with E-state index in [1.807, 2.05) is 61.3 Å². The lowest BCUT2D eigenvalue weighted by Crippen LogP contribution is -2.48. The summed E-state index contributed by atoms with van der Waals surface area (Å²) in [6.07, 6.45) is 7.23. The number of carbonyl (C=O) groups is 1. The highest BCUT2D eigenvalue weighted by atomic mass is 16.1. The summed E-state index contributed by atoms with van der Waals surface area (Å²) in [5.41, 5.74) is 4.97. The van der Waals surface area contributed by atoms with Crippen LogP contribution in [0.1, 0.15) is 30.2 Å². The van der Waals surface area contributed by atoms with Crippen LogP contribution in [0.3, 0.4) is 0 Å². The van der Waals surface area contributed by atoms with Gasteiger partial charge in [-0.2, -0.15) is 10.4 Å². The van der Waals surface area contributed by atoms with Gasteiger partial charge in [0.2, 0.25) is 0 Å². The van der Waals surface area contributed by atoms with Gasteiger partial charge in [-0.3, -0.25) is 14.5 Å². The second-order valence-electron chi connectivity index (χ2n) is 8.24. The molecule has 2 aliphatic rings. The van der Waals surface area contributed by atoms with E-state index in [4.69, 9.17) is 5.10 Å². The van der Waals surface area contributed by atoms with Crippen LogP contribution in [0, 0.1) is 23.2 Å². The predicted octanol–water partition coefficient (Wildman–Crippen LogP) is 4.00. The number of nitrogens with zero attached hydrogens (tertiary/aromatic N) is 4. The highest BCUT2D eigenvalue weighted by molar-refractivity contribution is 6.02. The first-order valence-corrected chi connectivity index (χ1v) is 10.3. The van der Waals surface area contributed by atoms with Crippen molar-refractivity contribution < 1.29 is 4.79 Å². The summed E-state index contributed by atoms with van der Waals surface area (Å²) in [7, 11) is 1.97. The molecule has 2 aliphatic carbocycles. The second-order valence-corrected chi connectivity index (χ2v) is 8.24. The molecule has 3 atom stereocenters. The van der Waals surface area contributed by atoms with Gasteiger partial charge in [-0.15, -0.1) is 0 Å². The molecule has 1 aromatic carbocycles. The lowest BCUT2D eigenvalue weighted by molar-refractivity contribution is -0.121. The molecule has 0 amide bonds. The quantitative estimate of drug-likeness (QED) is 0.659. The van der Waals surface area contributed by atoms with E-state index in [1.165, 1.54) is 5.56 Å². The average Bonchev–Trinajstić information content (AvgIpc) is 3.14. The Morgan fingerprint density at radius 3 is 2.70 bits per heavy atom. The SMILES string of the molecule is C[C@@H]1C(=O)C(C#N)=C[C@]2(c3ccccc3)c3c(c(-c4cccnc4)nn3C)CC[C@@H]12. The molecule has 3 aromatic rings. The Morgan fingerprint density at radius 1 is 1.20 bits per heavy atom. The molecular formula is C25H22N4O. The Bertz CT molecular complexity index is 1200. The minimum atomic E-state index is -0.560. The van der Waals surface area contributed by atoms with Gasteiger partial charge in [0.25, 0.3) is 0 Å². The Morgan fingerprint density at radius 2 is 2.00 bits per heavy atom. The zero-order chi connectivity index (χ0) is 20.9. The maximum Gasteiger partial charge on any atom is 0.176 e. The van der Waals surface area contributed by atoms with Crippen LogP contribution in [0.2, 0.25) is 0 Å². The smallest absolute Gasteiger partial charge is 0.176 e. The van der Waals surface area contributed by atoms with Crippen molar-refractivity contribution in [3.05, 3.63) is 83.3 Å². The van der Waals surface area contributed by atoms with Crippen LogP contribution in [-0.4, -0.2) is 20.5 Å². The molecule has 5 heteroatoms. The number of aromatic nitrogens is 3. The number of hydrogen-bond donors (Lipinski definition) is 0. The highest BCUT2D eigenvalue weighted by Gasteiger charge is 2.54. The van der Waals surface area contributed by atoms with Crippen molar-refractivity contribution in [1.29, 1.82) is 5.26 Å². The number of carbonyl (C=O) groups excluding carboxylic acids is 1. The standard InChI is InChI=1S/C25H22N4O/c1-16-21-11-10-20-22(17-7-6-12-27-15-17)28-29(2)24(20)25(21,13-18(14-26)23(16)30)19-8-4-3-5-9-19/h3-9,12-13,15-16,21H,10-11H2,1-2H3/t16-,21-,25+/m0/s1. The summed E-state index contributed by atoms with van der Waals surface area (Å²) in [6.45, 7) is 1.97. The molecule has 5 rings (SSSR count). The van der Waals surface area contributed by atoms with Gasteiger partial charge < -0.3 is 0 Å². The van der Waals surface area contributed by atoms with Gasteiger partial charge in [0.1, 0.15) is 6.07 Å². The van der Waals surface area contributed by atoms with E-state index >= 15 is 0 Å². The predicted molar refractivity (Wildman–Crippen MR) is 113 cm³/mol. The topological polar surface area (TPSA) is 71.6 Å². The van der Waals surface area contributed by atoms with E-state index < -0.39 is 5.41 Å². The maximum absolute atomic E-state index is 12.9. The molecule has 0 bridgehead atoms. The molecule has 2 heterocycles. The monoisotopic (exact) mass is 394 g/mol. The third-order valence-corrected chi connectivity index (χ3v) is 6.79. The lowest BCUT2D eigenvalue weighted by Gasteiger charge is -2.48. The van der Waals surface area contributed by atoms with Crippen molar-refractivity contribution >= 4 is 5.78 Å². The first-order chi connectivity index (χ1) is 14.6. The zero-order valence-corrected chi connectivity index (χ0v) is 17.0. The van der Waals surface area contributed by atoms with Gasteiger partial charge in [0.15, 0.2) is 5.78 Å². The molecule has 0 N–H and O–H groups in total. The van der Waals surface area contributed by atoms with Crippen molar-refractivity contribution in [2.24, 2.45) is 18.9 Å². The molecule has 148 valence electrons. The molecule has 0 aliphatic heterocycles. The minimum Gasteiger partial charge on any atom is -0.293 e. The van der Waals surface area contributed by atoms with Crippen molar-refractivity contribution in [1.82, 2.24) is 14.8 Å². The molecule has 0 unspecified atom stereocenters. The summed E-state index contributed by atoms with van der Waals surface area (Å²) in [5.74, 6) is -0.198. The first-order valence-electron chi connectivity index (χ1n) is 10.3. The molecule has 0 saturated heterocycles. The summed E-state index contributed by atoms with van der Waals surface area (Å²) in [5, 5.41) is 14.7. The van der Waals surface area contributed by atoms with Crippen molar-refractivity contribution in [2.75, 3.05) is 0 Å². The van der Waals surface area contributed by atoms with E-state index in [1.54, 1.807) is 6.20 Å². The van der Waals surface area contributed by atoms with Gasteiger partial charge in [-0.05, 0) is 42.5 Å². The molecule has 0 spiro atoms. The number of pyridine rings is 1. The van der Waals surface area contributed by atoms with Gasteiger partial charge in [0.05, 0.1) is 22.4 Å². The average molecular weight is 394 g/mol. The number of ketones is 1. The van der Waals surface area contributed by atoms with Crippen molar-refractivity contribution in [3.8, 4) is 17.3 Å². The van der Waals surface area contributed by atoms with Crippen LogP contribution in [0.4, 0.5) is 0 Å². The van der Waals surface area contributed by atoms with Gasteiger partial charge >= 0.3 is 0 Å². The molecule has 5 nitrogen and oxygen atoms in total. The first kappa shape index (κ1) is 18.5. The van der Waals surface area contributed by atoms with Crippen LogP contribution in [0.5, 0.6) is 0 Å². The fraction of sp³-hybridized carbons (Fsp3) is 0.280. The van der Waals surface area contributed by atoms with E-state index in [-0.39, 0.29) is 23.2 Å². The third-order valence-electron chi connectivity index (χ3n) is 6.79. The molecular weight excluding hydrogens is 372 g/mol. The number of nitriles is 1. The van der Waals surface area contributed by atoms with Gasteiger partial charge in [-0.1, -0.05) is 37.3 Å². The number of allylic oxidation sites excluding steroid dienone is 2. The summed E-state index contributed by atoms with van der Waals surface area (Å²) < 4.78 is 1.95. The Hall–Kier alpha value is -3.52. The number of benzene rings is 1. The molecule has 0 radical (unpaired) electrons. The number of hydrogen-bond acceptors (Lipinski definition) is 4. The fourth-order valence-corrected chi connectivity index (χ4v) is 5.54. The van der Waals surface area contributed by atoms with Gasteiger partial charge in [0, 0.05) is 36.5 Å². The van der Waals surface area contributed by atoms with Crippen LogP contribution >= 0.6 is 0 Å². The van der Waals surface area contributed by atoms with Crippen LogP contribution in [-0.2, 0) is 23.7 Å². The lowest BCUT2D eigenvalue weighted by atomic mass is 9.54. The molecule has 0 fully saturated rings. The van der Waals surface area contributed by atoms with Crippen molar-refractivity contribution in [2.45, 2.75) is 25.2 Å². The Balaban J connectivity index is 1.86. The number of Topliss-reactive ketones (excluding diaryl/α,β-unsaturated/α-hetero) is 1.